The molecule has 0 saturated heterocycles. The molecule has 1 heterocycles. The van der Waals surface area contributed by atoms with Crippen LogP contribution in [0.25, 0.3) is 10.8 Å². The van der Waals surface area contributed by atoms with Crippen molar-refractivity contribution in [2.24, 2.45) is 0 Å². The van der Waals surface area contributed by atoms with E-state index in [9.17, 15) is 14.0 Å². The summed E-state index contributed by atoms with van der Waals surface area (Å²) in [5.74, 6) is -0.766. The van der Waals surface area contributed by atoms with E-state index in [1.54, 1.807) is 35.2 Å². The summed E-state index contributed by atoms with van der Waals surface area (Å²) in [6, 6.07) is 13.2. The molecule has 1 amide bonds. The van der Waals surface area contributed by atoms with Gasteiger partial charge in [0.15, 0.2) is 0 Å². The standard InChI is InChI=1S/C20H16ClFN2O2/c21-16-6-3-7-17(22)15(16)11-24(13-8-9-13)20(26)18-10-12-4-1-2-5-14(12)19(25)23-18/h1-7,10,13H,8-9,11H2,(H,23,25). The quantitative estimate of drug-likeness (QED) is 0.750. The van der Waals surface area contributed by atoms with Gasteiger partial charge >= 0.3 is 0 Å². The van der Waals surface area contributed by atoms with E-state index in [-0.39, 0.29) is 40.3 Å². The van der Waals surface area contributed by atoms with E-state index < -0.39 is 5.82 Å². The summed E-state index contributed by atoms with van der Waals surface area (Å²) >= 11 is 6.12. The number of rotatable bonds is 4. The van der Waals surface area contributed by atoms with E-state index in [2.05, 4.69) is 4.98 Å². The Morgan fingerprint density at radius 1 is 1.19 bits per heavy atom. The Labute approximate surface area is 154 Å². The molecule has 4 rings (SSSR count). The van der Waals surface area contributed by atoms with Gasteiger partial charge in [0.05, 0.1) is 6.54 Å². The highest BCUT2D eigenvalue weighted by molar-refractivity contribution is 6.31. The third kappa shape index (κ3) is 3.10. The number of amides is 1. The number of benzene rings is 2. The zero-order valence-electron chi connectivity index (χ0n) is 13.8. The minimum absolute atomic E-state index is 0.0353. The van der Waals surface area contributed by atoms with Gasteiger partial charge in [0.25, 0.3) is 11.5 Å². The van der Waals surface area contributed by atoms with Gasteiger partial charge in [-0.2, -0.15) is 0 Å². The number of halogens is 2. The van der Waals surface area contributed by atoms with Crippen LogP contribution < -0.4 is 5.56 Å². The summed E-state index contributed by atoms with van der Waals surface area (Å²) in [5, 5.41) is 1.51. The lowest BCUT2D eigenvalue weighted by atomic mass is 10.1. The Morgan fingerprint density at radius 3 is 2.69 bits per heavy atom. The van der Waals surface area contributed by atoms with E-state index in [1.165, 1.54) is 12.1 Å². The van der Waals surface area contributed by atoms with Crippen molar-refractivity contribution in [2.45, 2.75) is 25.4 Å². The molecular formula is C20H16ClFN2O2. The van der Waals surface area contributed by atoms with Gasteiger partial charge < -0.3 is 9.88 Å². The summed E-state index contributed by atoms with van der Waals surface area (Å²) < 4.78 is 14.2. The Balaban J connectivity index is 1.72. The molecule has 1 aliphatic rings. The van der Waals surface area contributed by atoms with Crippen LogP contribution in [0.5, 0.6) is 0 Å². The number of carbonyl (C=O) groups is 1. The van der Waals surface area contributed by atoms with Crippen LogP contribution in [0.2, 0.25) is 5.02 Å². The summed E-state index contributed by atoms with van der Waals surface area (Å²) in [6.07, 6.45) is 1.71. The van der Waals surface area contributed by atoms with Crippen LogP contribution in [0.3, 0.4) is 0 Å². The molecule has 0 bridgehead atoms. The molecule has 0 radical (unpaired) electrons. The normalized spacial score (nSPS) is 13.8. The molecule has 3 aromatic rings. The summed E-state index contributed by atoms with van der Waals surface area (Å²) in [5.41, 5.74) is 0.178. The van der Waals surface area contributed by atoms with Crippen molar-refractivity contribution < 1.29 is 9.18 Å². The molecule has 0 spiro atoms. The van der Waals surface area contributed by atoms with Crippen molar-refractivity contribution in [1.82, 2.24) is 9.88 Å². The van der Waals surface area contributed by atoms with Crippen molar-refractivity contribution in [1.29, 1.82) is 0 Å². The van der Waals surface area contributed by atoms with E-state index in [0.29, 0.717) is 10.8 Å². The average molecular weight is 371 g/mol. The molecular weight excluding hydrogens is 355 g/mol. The summed E-state index contributed by atoms with van der Waals surface area (Å²) in [6.45, 7) is 0.0733. The molecule has 1 N–H and O–H groups in total. The molecule has 1 fully saturated rings. The smallest absolute Gasteiger partial charge is 0.270 e. The molecule has 0 unspecified atom stereocenters. The van der Waals surface area contributed by atoms with Gasteiger partial charge in [-0.25, -0.2) is 4.39 Å². The largest absolute Gasteiger partial charge is 0.330 e. The van der Waals surface area contributed by atoms with E-state index >= 15 is 0 Å². The minimum atomic E-state index is -0.442. The lowest BCUT2D eigenvalue weighted by molar-refractivity contribution is 0.0722. The van der Waals surface area contributed by atoms with Crippen LogP contribution >= 0.6 is 11.6 Å². The molecule has 1 aromatic heterocycles. The Hall–Kier alpha value is -2.66. The van der Waals surface area contributed by atoms with Crippen LogP contribution in [-0.4, -0.2) is 21.8 Å². The fraction of sp³-hybridized carbons (Fsp3) is 0.200. The lowest BCUT2D eigenvalue weighted by Gasteiger charge is -2.23. The number of fused-ring (bicyclic) bond motifs is 1. The van der Waals surface area contributed by atoms with E-state index in [1.807, 2.05) is 6.07 Å². The number of hydrogen-bond donors (Lipinski definition) is 1. The SMILES string of the molecule is O=C(c1cc2ccccc2c(=O)[nH]1)N(Cc1c(F)cccc1Cl)C1CC1. The maximum absolute atomic E-state index is 14.2. The zero-order valence-corrected chi connectivity index (χ0v) is 14.6. The topological polar surface area (TPSA) is 53.2 Å². The number of H-pyrrole nitrogens is 1. The zero-order chi connectivity index (χ0) is 18.3. The van der Waals surface area contributed by atoms with Crippen LogP contribution in [0.4, 0.5) is 4.39 Å². The van der Waals surface area contributed by atoms with Crippen molar-refractivity contribution in [2.75, 3.05) is 0 Å². The first-order valence-electron chi connectivity index (χ1n) is 8.40. The van der Waals surface area contributed by atoms with Gasteiger partial charge in [-0.15, -0.1) is 0 Å². The van der Waals surface area contributed by atoms with E-state index in [0.717, 1.165) is 12.8 Å². The number of carbonyl (C=O) groups excluding carboxylic acids is 1. The second-order valence-corrected chi connectivity index (χ2v) is 6.87. The highest BCUT2D eigenvalue weighted by atomic mass is 35.5. The Morgan fingerprint density at radius 2 is 1.96 bits per heavy atom. The van der Waals surface area contributed by atoms with Gasteiger partial charge in [-0.05, 0) is 42.5 Å². The average Bonchev–Trinajstić information content (AvgIpc) is 3.46. The number of aromatic nitrogens is 1. The second-order valence-electron chi connectivity index (χ2n) is 6.46. The first-order valence-corrected chi connectivity index (χ1v) is 8.78. The van der Waals surface area contributed by atoms with Crippen LogP contribution in [0, 0.1) is 5.82 Å². The maximum Gasteiger partial charge on any atom is 0.270 e. The Bertz CT molecular complexity index is 1040. The molecule has 0 aliphatic heterocycles. The van der Waals surface area contributed by atoms with Gasteiger partial charge in [0, 0.05) is 22.0 Å². The van der Waals surface area contributed by atoms with Crippen molar-refractivity contribution >= 4 is 28.3 Å². The highest BCUT2D eigenvalue weighted by Crippen LogP contribution is 2.31. The molecule has 1 aliphatic carbocycles. The van der Waals surface area contributed by atoms with E-state index in [4.69, 9.17) is 11.6 Å². The van der Waals surface area contributed by atoms with Gasteiger partial charge in [0.1, 0.15) is 11.5 Å². The number of nitrogens with one attached hydrogen (secondary N) is 1. The Kier molecular flexibility index (Phi) is 4.24. The van der Waals surface area contributed by atoms with Gasteiger partial charge in [0.2, 0.25) is 0 Å². The minimum Gasteiger partial charge on any atom is -0.330 e. The fourth-order valence-electron chi connectivity index (χ4n) is 3.09. The molecule has 2 aromatic carbocycles. The lowest BCUT2D eigenvalue weighted by Crippen LogP contribution is -2.34. The van der Waals surface area contributed by atoms with Crippen LogP contribution in [-0.2, 0) is 6.54 Å². The van der Waals surface area contributed by atoms with Crippen molar-refractivity contribution in [3.63, 3.8) is 0 Å². The monoisotopic (exact) mass is 370 g/mol. The van der Waals surface area contributed by atoms with Crippen molar-refractivity contribution in [3.05, 3.63) is 81.0 Å². The summed E-state index contributed by atoms with van der Waals surface area (Å²) in [4.78, 5) is 29.6. The number of pyridine rings is 1. The second kappa shape index (κ2) is 6.57. The summed E-state index contributed by atoms with van der Waals surface area (Å²) in [7, 11) is 0. The number of aromatic amines is 1. The molecule has 0 atom stereocenters. The molecule has 4 nitrogen and oxygen atoms in total. The third-order valence-corrected chi connectivity index (χ3v) is 4.98. The highest BCUT2D eigenvalue weighted by Gasteiger charge is 2.34. The molecule has 6 heteroatoms. The van der Waals surface area contributed by atoms with Crippen molar-refractivity contribution in [3.8, 4) is 0 Å². The molecule has 1 saturated carbocycles. The van der Waals surface area contributed by atoms with Gasteiger partial charge in [-0.3, -0.25) is 9.59 Å². The molecule has 26 heavy (non-hydrogen) atoms. The number of nitrogens with zero attached hydrogens (tertiary/aromatic N) is 1. The number of hydrogen-bond acceptors (Lipinski definition) is 2. The first-order chi connectivity index (χ1) is 12.5. The molecule has 132 valence electrons. The maximum atomic E-state index is 14.2. The van der Waals surface area contributed by atoms with Gasteiger partial charge in [-0.1, -0.05) is 35.9 Å². The van der Waals surface area contributed by atoms with Crippen LogP contribution in [0.1, 0.15) is 28.9 Å². The predicted octanol–water partition coefficient (Wildman–Crippen LogP) is 4.13. The third-order valence-electron chi connectivity index (χ3n) is 4.62. The van der Waals surface area contributed by atoms with Crippen LogP contribution in [0.15, 0.2) is 53.3 Å². The first kappa shape index (κ1) is 16.8. The predicted molar refractivity (Wildman–Crippen MR) is 98.9 cm³/mol. The fourth-order valence-corrected chi connectivity index (χ4v) is 3.31.